The summed E-state index contributed by atoms with van der Waals surface area (Å²) in [6.45, 7) is 6.37. The third-order valence-corrected chi connectivity index (χ3v) is 3.15. The average molecular weight is 220 g/mol. The second kappa shape index (κ2) is 4.91. The first-order valence-electron chi connectivity index (χ1n) is 5.78. The second-order valence-electron chi connectivity index (χ2n) is 5.23. The average Bonchev–Trinajstić information content (AvgIpc) is 2.20. The van der Waals surface area contributed by atoms with Gasteiger partial charge in [0.25, 0.3) is 0 Å². The van der Waals surface area contributed by atoms with Gasteiger partial charge in [-0.3, -0.25) is 0 Å². The fourth-order valence-electron chi connectivity index (χ4n) is 1.56. The molecule has 0 aliphatic heterocycles. The Morgan fingerprint density at radius 1 is 1.31 bits per heavy atom. The Morgan fingerprint density at radius 3 is 2.44 bits per heavy atom. The van der Waals surface area contributed by atoms with Crippen LogP contribution in [0, 0.1) is 35.0 Å². The molecule has 1 saturated carbocycles. The summed E-state index contributed by atoms with van der Waals surface area (Å²) in [5, 5.41) is 18.7. The van der Waals surface area contributed by atoms with Crippen molar-refractivity contribution in [3.05, 3.63) is 0 Å². The summed E-state index contributed by atoms with van der Waals surface area (Å²) in [6, 6.07) is 0. The minimum absolute atomic E-state index is 0.00938. The lowest BCUT2D eigenvalue weighted by Crippen LogP contribution is -2.43. The molecule has 88 valence electrons. The molecule has 0 bridgehead atoms. The molecular weight excluding hydrogens is 200 g/mol. The van der Waals surface area contributed by atoms with E-state index in [1.54, 1.807) is 0 Å². The molecule has 2 N–H and O–H groups in total. The van der Waals surface area contributed by atoms with E-state index < -0.39 is 5.60 Å². The molecule has 1 fully saturated rings. The maximum atomic E-state index is 9.85. The van der Waals surface area contributed by atoms with Crippen molar-refractivity contribution in [3.8, 4) is 23.7 Å². The van der Waals surface area contributed by atoms with Crippen molar-refractivity contribution in [2.75, 3.05) is 6.61 Å². The minimum atomic E-state index is -0.904. The van der Waals surface area contributed by atoms with Crippen molar-refractivity contribution < 1.29 is 10.2 Å². The Labute approximate surface area is 98.1 Å². The molecule has 0 amide bonds. The van der Waals surface area contributed by atoms with Crippen LogP contribution in [-0.2, 0) is 0 Å². The SMILES string of the molecule is CCC(C)(C)C#CC#CC1(O)CC(CO)C1. The largest absolute Gasteiger partial charge is 0.396 e. The van der Waals surface area contributed by atoms with Crippen LogP contribution >= 0.6 is 0 Å². The number of aliphatic hydroxyl groups excluding tert-OH is 1. The smallest absolute Gasteiger partial charge is 0.127 e. The lowest BCUT2D eigenvalue weighted by molar-refractivity contribution is -0.0409. The Balaban J connectivity index is 2.51. The van der Waals surface area contributed by atoms with Gasteiger partial charge in [-0.25, -0.2) is 0 Å². The van der Waals surface area contributed by atoms with E-state index in [0.717, 1.165) is 6.42 Å². The zero-order chi connectivity index (χ0) is 12.2. The van der Waals surface area contributed by atoms with Crippen LogP contribution in [0.15, 0.2) is 0 Å². The van der Waals surface area contributed by atoms with Crippen LogP contribution in [0.4, 0.5) is 0 Å². The van der Waals surface area contributed by atoms with Gasteiger partial charge in [0.15, 0.2) is 0 Å². The molecule has 0 radical (unpaired) electrons. The van der Waals surface area contributed by atoms with Gasteiger partial charge >= 0.3 is 0 Å². The van der Waals surface area contributed by atoms with Crippen molar-refractivity contribution in [2.45, 2.75) is 45.6 Å². The third kappa shape index (κ3) is 3.56. The van der Waals surface area contributed by atoms with Crippen molar-refractivity contribution in [1.29, 1.82) is 0 Å². The lowest BCUT2D eigenvalue weighted by atomic mass is 9.72. The second-order valence-corrected chi connectivity index (χ2v) is 5.23. The summed E-state index contributed by atoms with van der Waals surface area (Å²) in [5.41, 5.74) is -0.914. The van der Waals surface area contributed by atoms with E-state index in [9.17, 15) is 5.11 Å². The number of rotatable bonds is 2. The van der Waals surface area contributed by atoms with E-state index in [4.69, 9.17) is 5.11 Å². The summed E-state index contributed by atoms with van der Waals surface area (Å²) in [7, 11) is 0. The van der Waals surface area contributed by atoms with Gasteiger partial charge in [0.2, 0.25) is 0 Å². The summed E-state index contributed by atoms with van der Waals surface area (Å²) < 4.78 is 0. The molecule has 2 nitrogen and oxygen atoms in total. The van der Waals surface area contributed by atoms with Gasteiger partial charge in [-0.1, -0.05) is 18.8 Å². The fourth-order valence-corrected chi connectivity index (χ4v) is 1.56. The van der Waals surface area contributed by atoms with Gasteiger partial charge in [-0.15, -0.1) is 0 Å². The highest BCUT2D eigenvalue weighted by Crippen LogP contribution is 2.36. The molecule has 16 heavy (non-hydrogen) atoms. The monoisotopic (exact) mass is 220 g/mol. The molecule has 0 unspecified atom stereocenters. The van der Waals surface area contributed by atoms with E-state index in [1.165, 1.54) is 0 Å². The van der Waals surface area contributed by atoms with E-state index in [-0.39, 0.29) is 17.9 Å². The molecule has 1 rings (SSSR count). The van der Waals surface area contributed by atoms with E-state index in [2.05, 4.69) is 44.5 Å². The first-order valence-corrected chi connectivity index (χ1v) is 5.78. The topological polar surface area (TPSA) is 40.5 Å². The standard InChI is InChI=1S/C14H20O2/c1-4-13(2,3)7-5-6-8-14(16)9-12(10-14)11-15/h12,15-16H,4,9-11H2,1-3H3. The summed E-state index contributed by atoms with van der Waals surface area (Å²) in [4.78, 5) is 0. The number of hydrogen-bond acceptors (Lipinski definition) is 2. The third-order valence-electron chi connectivity index (χ3n) is 3.15. The molecule has 0 saturated heterocycles. The quantitative estimate of drug-likeness (QED) is 0.693. The van der Waals surface area contributed by atoms with Crippen molar-refractivity contribution in [3.63, 3.8) is 0 Å². The van der Waals surface area contributed by atoms with Gasteiger partial charge in [-0.05, 0) is 50.9 Å². The maximum absolute atomic E-state index is 9.85. The van der Waals surface area contributed by atoms with Crippen molar-refractivity contribution in [2.24, 2.45) is 11.3 Å². The first kappa shape index (κ1) is 13.1. The van der Waals surface area contributed by atoms with E-state index >= 15 is 0 Å². The molecule has 0 atom stereocenters. The molecule has 0 spiro atoms. The fraction of sp³-hybridized carbons (Fsp3) is 0.714. The van der Waals surface area contributed by atoms with Crippen LogP contribution in [-0.4, -0.2) is 22.4 Å². The van der Waals surface area contributed by atoms with E-state index in [1.807, 2.05) is 0 Å². The number of hydrogen-bond donors (Lipinski definition) is 2. The van der Waals surface area contributed by atoms with Crippen LogP contribution in [0.5, 0.6) is 0 Å². The Bertz CT molecular complexity index is 354. The summed E-state index contributed by atoms with van der Waals surface area (Å²) in [6.07, 6.45) is 2.11. The van der Waals surface area contributed by atoms with Gasteiger partial charge in [0.1, 0.15) is 5.60 Å². The van der Waals surface area contributed by atoms with Crippen LogP contribution in [0.1, 0.15) is 40.0 Å². The van der Waals surface area contributed by atoms with Gasteiger partial charge in [0, 0.05) is 12.0 Å². The Hall–Kier alpha value is -0.960. The zero-order valence-electron chi connectivity index (χ0n) is 10.3. The van der Waals surface area contributed by atoms with Crippen LogP contribution in [0.3, 0.4) is 0 Å². The highest BCUT2D eigenvalue weighted by molar-refractivity contribution is 5.33. The highest BCUT2D eigenvalue weighted by atomic mass is 16.3. The van der Waals surface area contributed by atoms with Crippen molar-refractivity contribution in [1.82, 2.24) is 0 Å². The van der Waals surface area contributed by atoms with Crippen LogP contribution < -0.4 is 0 Å². The summed E-state index contributed by atoms with van der Waals surface area (Å²) >= 11 is 0. The first-order chi connectivity index (χ1) is 7.41. The predicted octanol–water partition coefficient (Wildman–Crippen LogP) is 1.56. The lowest BCUT2D eigenvalue weighted by Gasteiger charge is -2.38. The van der Waals surface area contributed by atoms with Crippen LogP contribution in [0.25, 0.3) is 0 Å². The highest BCUT2D eigenvalue weighted by Gasteiger charge is 2.40. The Morgan fingerprint density at radius 2 is 1.94 bits per heavy atom. The molecule has 1 aliphatic carbocycles. The molecular formula is C14H20O2. The van der Waals surface area contributed by atoms with Gasteiger partial charge in [0.05, 0.1) is 0 Å². The molecule has 2 heteroatoms. The normalized spacial score (nSPS) is 28.2. The van der Waals surface area contributed by atoms with E-state index in [0.29, 0.717) is 12.8 Å². The predicted molar refractivity (Wildman–Crippen MR) is 64.4 cm³/mol. The maximum Gasteiger partial charge on any atom is 0.127 e. The van der Waals surface area contributed by atoms with Crippen molar-refractivity contribution >= 4 is 0 Å². The van der Waals surface area contributed by atoms with Gasteiger partial charge < -0.3 is 10.2 Å². The number of aliphatic hydroxyl groups is 2. The Kier molecular flexibility index (Phi) is 4.03. The van der Waals surface area contributed by atoms with Gasteiger partial charge in [-0.2, -0.15) is 0 Å². The zero-order valence-corrected chi connectivity index (χ0v) is 10.3. The molecule has 0 heterocycles. The molecule has 1 aliphatic rings. The summed E-state index contributed by atoms with van der Waals surface area (Å²) in [5.74, 6) is 11.6. The van der Waals surface area contributed by atoms with Crippen LogP contribution in [0.2, 0.25) is 0 Å². The minimum Gasteiger partial charge on any atom is -0.396 e. The molecule has 0 aromatic heterocycles. The molecule has 0 aromatic rings. The molecule has 0 aromatic carbocycles.